The highest BCUT2D eigenvalue weighted by Crippen LogP contribution is 2.17. The summed E-state index contributed by atoms with van der Waals surface area (Å²) in [5, 5.41) is 21.4. The monoisotopic (exact) mass is 390 g/mol. The van der Waals surface area contributed by atoms with Gasteiger partial charge in [-0.3, -0.25) is 4.79 Å². The van der Waals surface area contributed by atoms with Crippen LogP contribution in [-0.4, -0.2) is 20.0 Å². The van der Waals surface area contributed by atoms with E-state index in [1.54, 1.807) is 24.3 Å². The number of aliphatic hydroxyl groups excluding tert-OH is 2. The first-order valence-corrected chi connectivity index (χ1v) is 7.69. The maximum Gasteiger partial charge on any atom is 0.287 e. The first-order valence-electron chi connectivity index (χ1n) is 6.94. The Labute approximate surface area is 159 Å². The first kappa shape index (κ1) is 25.8. The summed E-state index contributed by atoms with van der Waals surface area (Å²) in [6.07, 6.45) is 1.37. The van der Waals surface area contributed by atoms with Crippen molar-refractivity contribution in [3.8, 4) is 0 Å². The summed E-state index contributed by atoms with van der Waals surface area (Å²) in [4.78, 5) is 11.5. The highest BCUT2D eigenvalue weighted by atomic mass is 35.5. The Morgan fingerprint density at radius 2 is 1.40 bits per heavy atom. The van der Waals surface area contributed by atoms with Gasteiger partial charge in [0, 0.05) is 0 Å². The molecule has 0 aliphatic rings. The van der Waals surface area contributed by atoms with Gasteiger partial charge in [-0.25, -0.2) is 4.68 Å². The number of aromatic nitrogens is 2. The molecular weight excluding hydrogens is 363 g/mol. The molecule has 2 N–H and O–H groups in total. The quantitative estimate of drug-likeness (QED) is 0.803. The Morgan fingerprint density at radius 3 is 1.72 bits per heavy atom. The third-order valence-electron chi connectivity index (χ3n) is 2.90. The van der Waals surface area contributed by atoms with Crippen LogP contribution in [0.5, 0.6) is 0 Å². The fraction of sp³-hybridized carbons (Fsp3) is 0.444. The van der Waals surface area contributed by atoms with Crippen LogP contribution in [0.1, 0.15) is 46.8 Å². The molecule has 0 bridgehead atoms. The van der Waals surface area contributed by atoms with Crippen molar-refractivity contribution in [2.45, 2.75) is 54.4 Å². The van der Waals surface area contributed by atoms with Gasteiger partial charge in [0.15, 0.2) is 0 Å². The number of halogens is 2. The normalized spacial score (nSPS) is 10.0. The molecule has 25 heavy (non-hydrogen) atoms. The maximum absolute atomic E-state index is 11.5. The van der Waals surface area contributed by atoms with E-state index < -0.39 is 0 Å². The van der Waals surface area contributed by atoms with Crippen LogP contribution in [0.4, 0.5) is 0 Å². The van der Waals surface area contributed by atoms with Gasteiger partial charge in [-0.2, -0.15) is 5.10 Å². The topological polar surface area (TPSA) is 75.4 Å². The van der Waals surface area contributed by atoms with Crippen LogP contribution in [0.2, 0.25) is 10.0 Å². The second-order valence-electron chi connectivity index (χ2n) is 5.83. The molecule has 7 heteroatoms. The van der Waals surface area contributed by atoms with Crippen molar-refractivity contribution in [3.63, 3.8) is 0 Å². The molecule has 0 saturated heterocycles. The molecule has 0 aliphatic heterocycles. The molecule has 0 atom stereocenters. The highest BCUT2D eigenvalue weighted by Gasteiger charge is 2.18. The lowest BCUT2D eigenvalue weighted by Gasteiger charge is -2.20. The minimum Gasteiger partial charge on any atom is -0.392 e. The fourth-order valence-corrected chi connectivity index (χ4v) is 1.89. The fourth-order valence-electron chi connectivity index (χ4n) is 1.64. The lowest BCUT2D eigenvalue weighted by Crippen LogP contribution is -2.36. The highest BCUT2D eigenvalue weighted by molar-refractivity contribution is 6.41. The molecule has 2 rings (SSSR count). The van der Waals surface area contributed by atoms with Crippen molar-refractivity contribution in [1.82, 2.24) is 9.78 Å². The molecule has 5 nitrogen and oxygen atoms in total. The zero-order valence-electron chi connectivity index (χ0n) is 13.3. The predicted octanol–water partition coefficient (Wildman–Crippen LogP) is 4.25. The Morgan fingerprint density at radius 1 is 1.00 bits per heavy atom. The van der Waals surface area contributed by atoms with Gasteiger partial charge < -0.3 is 10.2 Å². The summed E-state index contributed by atoms with van der Waals surface area (Å²) < 4.78 is 1.31. The van der Waals surface area contributed by atoms with Crippen molar-refractivity contribution < 1.29 is 10.2 Å². The average Bonchev–Trinajstić information content (AvgIpc) is 2.52. The molecule has 2 aromatic rings. The Bertz CT molecular complexity index is 670. The van der Waals surface area contributed by atoms with E-state index in [4.69, 9.17) is 33.4 Å². The standard InChI is InChI=1S/C8H10Cl2N2O.C8H10O2.2CH4/c1-8(2,3)12-7(13)6(10)5(9)4-11-12;9-5-7-1-2-8(6-10)4-3-7;;/h4H,1-3H3;1-4,9-10H,5-6H2;2*1H4. The molecule has 0 amide bonds. The summed E-state index contributed by atoms with van der Waals surface area (Å²) in [5.74, 6) is 0. The van der Waals surface area contributed by atoms with Crippen LogP contribution >= 0.6 is 23.2 Å². The number of rotatable bonds is 2. The molecule has 142 valence electrons. The zero-order chi connectivity index (χ0) is 17.6. The van der Waals surface area contributed by atoms with E-state index in [0.717, 1.165) is 11.1 Å². The van der Waals surface area contributed by atoms with E-state index in [-0.39, 0.29) is 49.2 Å². The van der Waals surface area contributed by atoms with Crippen molar-refractivity contribution in [1.29, 1.82) is 0 Å². The number of benzene rings is 1. The molecular formula is C18H28Cl2N2O3. The lowest BCUT2D eigenvalue weighted by molar-refractivity contribution is 0.278. The summed E-state index contributed by atoms with van der Waals surface area (Å²) in [7, 11) is 0. The van der Waals surface area contributed by atoms with E-state index in [1.165, 1.54) is 10.9 Å². The molecule has 1 aromatic carbocycles. The number of hydrogen-bond acceptors (Lipinski definition) is 4. The van der Waals surface area contributed by atoms with Crippen molar-refractivity contribution in [3.05, 3.63) is 62.0 Å². The summed E-state index contributed by atoms with van der Waals surface area (Å²) in [6, 6.07) is 7.19. The molecule has 0 spiro atoms. The largest absolute Gasteiger partial charge is 0.392 e. The van der Waals surface area contributed by atoms with Gasteiger partial charge >= 0.3 is 0 Å². The Hall–Kier alpha value is -1.40. The van der Waals surface area contributed by atoms with Gasteiger partial charge in [0.05, 0.1) is 30.0 Å². The van der Waals surface area contributed by atoms with E-state index in [2.05, 4.69) is 5.10 Å². The smallest absolute Gasteiger partial charge is 0.287 e. The van der Waals surface area contributed by atoms with Crippen LogP contribution in [0.3, 0.4) is 0 Å². The van der Waals surface area contributed by atoms with Crippen LogP contribution in [-0.2, 0) is 18.8 Å². The summed E-state index contributed by atoms with van der Waals surface area (Å²) in [5.41, 5.74) is 1.00. The van der Waals surface area contributed by atoms with Crippen molar-refractivity contribution in [2.75, 3.05) is 0 Å². The van der Waals surface area contributed by atoms with Gasteiger partial charge in [0.25, 0.3) is 5.56 Å². The third-order valence-corrected chi connectivity index (χ3v) is 3.65. The zero-order valence-corrected chi connectivity index (χ0v) is 14.8. The Kier molecular flexibility index (Phi) is 11.6. The minimum atomic E-state index is -0.384. The third kappa shape index (κ3) is 7.57. The second-order valence-corrected chi connectivity index (χ2v) is 6.61. The summed E-state index contributed by atoms with van der Waals surface area (Å²) in [6.45, 7) is 5.72. The van der Waals surface area contributed by atoms with E-state index >= 15 is 0 Å². The molecule has 1 heterocycles. The van der Waals surface area contributed by atoms with Crippen LogP contribution in [0, 0.1) is 0 Å². The van der Waals surface area contributed by atoms with Crippen molar-refractivity contribution >= 4 is 23.2 Å². The van der Waals surface area contributed by atoms with Gasteiger partial charge in [-0.15, -0.1) is 0 Å². The van der Waals surface area contributed by atoms with E-state index in [9.17, 15) is 4.79 Å². The Balaban J connectivity index is 0. The van der Waals surface area contributed by atoms with Crippen molar-refractivity contribution in [2.24, 2.45) is 0 Å². The second kappa shape index (κ2) is 11.3. The minimum absolute atomic E-state index is 0. The molecule has 1 aromatic heterocycles. The van der Waals surface area contributed by atoms with E-state index in [1.807, 2.05) is 20.8 Å². The van der Waals surface area contributed by atoms with Crippen LogP contribution in [0.15, 0.2) is 35.3 Å². The molecule has 0 aliphatic carbocycles. The predicted molar refractivity (Wildman–Crippen MR) is 105 cm³/mol. The SMILES string of the molecule is C.C.CC(C)(C)n1ncc(Cl)c(Cl)c1=O.OCc1ccc(CO)cc1. The lowest BCUT2D eigenvalue weighted by atomic mass is 10.1. The summed E-state index contributed by atoms with van der Waals surface area (Å²) >= 11 is 11.3. The molecule has 0 fully saturated rings. The number of hydrogen-bond donors (Lipinski definition) is 2. The van der Waals surface area contributed by atoms with Crippen LogP contribution in [0.25, 0.3) is 0 Å². The van der Waals surface area contributed by atoms with Gasteiger partial charge in [-0.1, -0.05) is 62.3 Å². The molecule has 0 unspecified atom stereocenters. The van der Waals surface area contributed by atoms with E-state index in [0.29, 0.717) is 0 Å². The number of aliphatic hydroxyl groups is 2. The molecule has 0 saturated carbocycles. The van der Waals surface area contributed by atoms with Gasteiger partial charge in [0.1, 0.15) is 5.02 Å². The maximum atomic E-state index is 11.5. The first-order chi connectivity index (χ1) is 10.7. The van der Waals surface area contributed by atoms with Crippen LogP contribution < -0.4 is 5.56 Å². The average molecular weight is 391 g/mol. The number of nitrogens with zero attached hydrogens (tertiary/aromatic N) is 2. The van der Waals surface area contributed by atoms with Gasteiger partial charge in [0.2, 0.25) is 0 Å². The molecule has 0 radical (unpaired) electrons. The van der Waals surface area contributed by atoms with Gasteiger partial charge in [-0.05, 0) is 31.9 Å².